The zero-order valence-corrected chi connectivity index (χ0v) is 16.8. The van der Waals surface area contributed by atoms with Gasteiger partial charge in [0.05, 0.1) is 10.6 Å². The third-order valence-corrected chi connectivity index (χ3v) is 6.22. The number of rotatable bonds is 4. The number of benzene rings is 2. The maximum atomic E-state index is 12.9. The van der Waals surface area contributed by atoms with Crippen molar-refractivity contribution >= 4 is 32.4 Å². The van der Waals surface area contributed by atoms with Crippen LogP contribution in [-0.2, 0) is 14.8 Å². The van der Waals surface area contributed by atoms with Crippen molar-refractivity contribution in [2.75, 3.05) is 10.8 Å². The van der Waals surface area contributed by atoms with Crippen LogP contribution < -0.4 is 9.62 Å². The summed E-state index contributed by atoms with van der Waals surface area (Å²) in [5, 5.41) is 4.54. The largest absolute Gasteiger partial charge is 0.350 e. The van der Waals surface area contributed by atoms with Crippen molar-refractivity contribution in [3.8, 4) is 0 Å². The van der Waals surface area contributed by atoms with Gasteiger partial charge in [-0.05, 0) is 43.2 Å². The van der Waals surface area contributed by atoms with Gasteiger partial charge in [-0.15, -0.1) is 0 Å². The second kappa shape index (κ2) is 5.98. The van der Waals surface area contributed by atoms with Crippen LogP contribution in [0.25, 0.3) is 10.8 Å². The van der Waals surface area contributed by atoms with E-state index in [9.17, 15) is 13.2 Å². The number of anilines is 1. The van der Waals surface area contributed by atoms with E-state index in [2.05, 4.69) is 26.1 Å². The van der Waals surface area contributed by atoms with Crippen molar-refractivity contribution in [1.82, 2.24) is 5.32 Å². The molecule has 2 aromatic carbocycles. The lowest BCUT2D eigenvalue weighted by molar-refractivity contribution is -0.121. The maximum absolute atomic E-state index is 12.9. The van der Waals surface area contributed by atoms with Crippen molar-refractivity contribution in [3.05, 3.63) is 36.4 Å². The molecule has 0 fully saturated rings. The van der Waals surface area contributed by atoms with E-state index in [4.69, 9.17) is 0 Å². The molecule has 6 heteroatoms. The van der Waals surface area contributed by atoms with Gasteiger partial charge in [0.15, 0.2) is 0 Å². The molecule has 26 heavy (non-hydrogen) atoms. The number of amides is 1. The Morgan fingerprint density at radius 1 is 1.04 bits per heavy atom. The second-order valence-corrected chi connectivity index (χ2v) is 10.6. The highest BCUT2D eigenvalue weighted by Crippen LogP contribution is 2.41. The van der Waals surface area contributed by atoms with E-state index in [0.29, 0.717) is 11.1 Å². The molecular weight excluding hydrogens is 348 g/mol. The first-order valence-electron chi connectivity index (χ1n) is 8.76. The lowest BCUT2D eigenvalue weighted by atomic mass is 9.82. The van der Waals surface area contributed by atoms with Crippen LogP contribution in [0, 0.1) is 5.41 Å². The third-order valence-electron chi connectivity index (χ3n) is 4.42. The quantitative estimate of drug-likeness (QED) is 0.888. The first kappa shape index (κ1) is 18.7. The lowest BCUT2D eigenvalue weighted by Crippen LogP contribution is -2.49. The van der Waals surface area contributed by atoms with Crippen LogP contribution in [0.5, 0.6) is 0 Å². The van der Waals surface area contributed by atoms with Gasteiger partial charge in [-0.3, -0.25) is 9.10 Å². The van der Waals surface area contributed by atoms with Crippen LogP contribution in [0.1, 0.15) is 41.0 Å². The summed E-state index contributed by atoms with van der Waals surface area (Å²) in [6, 6.07) is 10.7. The Morgan fingerprint density at radius 2 is 1.65 bits per heavy atom. The summed E-state index contributed by atoms with van der Waals surface area (Å²) in [5.74, 6) is -0.298. The van der Waals surface area contributed by atoms with E-state index in [0.717, 1.165) is 11.8 Å². The molecule has 5 nitrogen and oxygen atoms in total. The molecule has 1 N–H and O–H groups in total. The first-order valence-corrected chi connectivity index (χ1v) is 10.2. The van der Waals surface area contributed by atoms with Crippen LogP contribution in [-0.4, -0.2) is 26.4 Å². The highest BCUT2D eigenvalue weighted by Gasteiger charge is 2.37. The topological polar surface area (TPSA) is 66.5 Å². The van der Waals surface area contributed by atoms with Gasteiger partial charge in [0.2, 0.25) is 5.91 Å². The van der Waals surface area contributed by atoms with Gasteiger partial charge >= 0.3 is 0 Å². The summed E-state index contributed by atoms with van der Waals surface area (Å²) in [6.45, 7) is 10.0. The van der Waals surface area contributed by atoms with Crippen molar-refractivity contribution in [1.29, 1.82) is 0 Å². The Bertz CT molecular complexity index is 967. The Kier molecular flexibility index (Phi) is 4.30. The number of sulfonamides is 1. The molecule has 1 heterocycles. The molecule has 0 unspecified atom stereocenters. The molecule has 0 aromatic heterocycles. The van der Waals surface area contributed by atoms with E-state index in [1.807, 2.05) is 32.0 Å². The fraction of sp³-hybridized carbons (Fsp3) is 0.450. The highest BCUT2D eigenvalue weighted by atomic mass is 32.2. The Hall–Kier alpha value is -2.08. The second-order valence-electron chi connectivity index (χ2n) is 8.81. The van der Waals surface area contributed by atoms with Crippen molar-refractivity contribution in [2.24, 2.45) is 5.41 Å². The number of hydrogen-bond acceptors (Lipinski definition) is 3. The number of carbonyl (C=O) groups excluding carboxylic acids is 1. The molecule has 0 radical (unpaired) electrons. The molecular formula is C20H26N2O3S. The first-order chi connectivity index (χ1) is 11.9. The smallest absolute Gasteiger partial charge is 0.265 e. The molecule has 0 saturated heterocycles. The SMILES string of the molecule is CC(C)(C)CC(C)(C)NC(=O)CN1c2cccc3cccc(c23)S1(=O)=O. The number of carbonyl (C=O) groups is 1. The predicted octanol–water partition coefficient (Wildman–Crippen LogP) is 3.68. The molecule has 1 aliphatic heterocycles. The minimum atomic E-state index is -3.71. The summed E-state index contributed by atoms with van der Waals surface area (Å²) in [5.41, 5.74) is 0.206. The average Bonchev–Trinajstić information content (AvgIpc) is 2.68. The lowest BCUT2D eigenvalue weighted by Gasteiger charge is -2.34. The van der Waals surface area contributed by atoms with Crippen LogP contribution in [0.2, 0.25) is 0 Å². The van der Waals surface area contributed by atoms with Crippen LogP contribution in [0.4, 0.5) is 5.69 Å². The summed E-state index contributed by atoms with van der Waals surface area (Å²) < 4.78 is 27.1. The summed E-state index contributed by atoms with van der Waals surface area (Å²) in [4.78, 5) is 12.9. The molecule has 0 spiro atoms. The normalized spacial score (nSPS) is 16.1. The van der Waals surface area contributed by atoms with Crippen molar-refractivity contribution in [3.63, 3.8) is 0 Å². The molecule has 0 saturated carbocycles. The Morgan fingerprint density at radius 3 is 2.27 bits per heavy atom. The Balaban J connectivity index is 1.88. The highest BCUT2D eigenvalue weighted by molar-refractivity contribution is 7.93. The zero-order chi connectivity index (χ0) is 19.3. The molecule has 0 atom stereocenters. The van der Waals surface area contributed by atoms with Gasteiger partial charge in [-0.2, -0.15) is 0 Å². The predicted molar refractivity (Wildman–Crippen MR) is 105 cm³/mol. The van der Waals surface area contributed by atoms with Crippen molar-refractivity contribution in [2.45, 2.75) is 51.5 Å². The zero-order valence-electron chi connectivity index (χ0n) is 16.0. The summed E-state index contributed by atoms with van der Waals surface area (Å²) in [6.07, 6.45) is 0.786. The summed E-state index contributed by atoms with van der Waals surface area (Å²) in [7, 11) is -3.71. The van der Waals surface area contributed by atoms with Crippen LogP contribution >= 0.6 is 0 Å². The molecule has 2 aromatic rings. The number of hydrogen-bond donors (Lipinski definition) is 1. The molecule has 140 valence electrons. The fourth-order valence-electron chi connectivity index (χ4n) is 4.05. The maximum Gasteiger partial charge on any atom is 0.265 e. The van der Waals surface area contributed by atoms with E-state index in [1.54, 1.807) is 18.2 Å². The molecule has 0 aliphatic carbocycles. The number of nitrogens with one attached hydrogen (secondary N) is 1. The van der Waals surface area contributed by atoms with E-state index >= 15 is 0 Å². The van der Waals surface area contributed by atoms with Crippen molar-refractivity contribution < 1.29 is 13.2 Å². The van der Waals surface area contributed by atoms with E-state index in [1.165, 1.54) is 4.31 Å². The Labute approximate surface area is 155 Å². The fourth-order valence-corrected chi connectivity index (χ4v) is 5.71. The summed E-state index contributed by atoms with van der Waals surface area (Å²) >= 11 is 0. The molecule has 1 aliphatic rings. The van der Waals surface area contributed by atoms with Gasteiger partial charge in [0.25, 0.3) is 10.0 Å². The minimum absolute atomic E-state index is 0.0539. The number of nitrogens with zero attached hydrogens (tertiary/aromatic N) is 1. The van der Waals surface area contributed by atoms with E-state index < -0.39 is 15.6 Å². The molecule has 0 bridgehead atoms. The standard InChI is InChI=1S/C20H26N2O3S/c1-19(2,3)13-20(4,5)21-17(23)12-22-15-10-6-8-14-9-7-11-16(18(14)15)26(22,24)25/h6-11H,12-13H2,1-5H3,(H,21,23). The molecule has 1 amide bonds. The monoisotopic (exact) mass is 374 g/mol. The average molecular weight is 375 g/mol. The van der Waals surface area contributed by atoms with E-state index in [-0.39, 0.29) is 22.8 Å². The molecule has 3 rings (SSSR count). The van der Waals surface area contributed by atoms with Gasteiger partial charge in [-0.25, -0.2) is 8.42 Å². The van der Waals surface area contributed by atoms with Crippen LogP contribution in [0.3, 0.4) is 0 Å². The van der Waals surface area contributed by atoms with Gasteiger partial charge < -0.3 is 5.32 Å². The minimum Gasteiger partial charge on any atom is -0.350 e. The van der Waals surface area contributed by atoms with Crippen LogP contribution in [0.15, 0.2) is 41.3 Å². The van der Waals surface area contributed by atoms with Gasteiger partial charge in [0, 0.05) is 10.9 Å². The third kappa shape index (κ3) is 3.43. The van der Waals surface area contributed by atoms with Gasteiger partial charge in [0.1, 0.15) is 6.54 Å². The van der Waals surface area contributed by atoms with Gasteiger partial charge in [-0.1, -0.05) is 45.0 Å².